The lowest BCUT2D eigenvalue weighted by atomic mass is 10.00. The number of rotatable bonds is 9. The average molecular weight is 496 g/mol. The van der Waals surface area contributed by atoms with E-state index in [1.807, 2.05) is 0 Å². The summed E-state index contributed by atoms with van der Waals surface area (Å²) >= 11 is 0. The van der Waals surface area contributed by atoms with Crippen molar-refractivity contribution in [2.45, 2.75) is 31.3 Å². The molecule has 3 aromatic rings. The van der Waals surface area contributed by atoms with Crippen LogP contribution in [0.4, 0.5) is 26.3 Å². The van der Waals surface area contributed by atoms with Crippen molar-refractivity contribution in [3.05, 3.63) is 101 Å². The first-order valence-corrected chi connectivity index (χ1v) is 10.6. The zero-order valence-corrected chi connectivity index (χ0v) is 18.4. The standard InChI is InChI=1S/C25H22F6N2O2/c26-24(27,28)21-9-18(10-22(12-21)25(29,30)31)15-35-16-20(19-6-2-1-3-7-19)14-33-23(34)11-17-5-4-8-32-13-17/h1-10,12-13,20H,11,14-16H2,(H,33,34). The largest absolute Gasteiger partial charge is 0.416 e. The fourth-order valence-corrected chi connectivity index (χ4v) is 3.41. The van der Waals surface area contributed by atoms with Crippen LogP contribution in [-0.4, -0.2) is 24.0 Å². The van der Waals surface area contributed by atoms with Crippen molar-refractivity contribution < 1.29 is 35.9 Å². The Kier molecular flexibility index (Phi) is 8.50. The van der Waals surface area contributed by atoms with Crippen molar-refractivity contribution in [1.29, 1.82) is 0 Å². The molecule has 0 fully saturated rings. The van der Waals surface area contributed by atoms with Gasteiger partial charge < -0.3 is 10.1 Å². The highest BCUT2D eigenvalue weighted by Crippen LogP contribution is 2.36. The van der Waals surface area contributed by atoms with E-state index >= 15 is 0 Å². The molecule has 0 spiro atoms. The first-order chi connectivity index (χ1) is 16.5. The summed E-state index contributed by atoms with van der Waals surface area (Å²) < 4.78 is 84.1. The van der Waals surface area contributed by atoms with E-state index in [1.165, 1.54) is 0 Å². The summed E-state index contributed by atoms with van der Waals surface area (Å²) in [4.78, 5) is 16.3. The minimum absolute atomic E-state index is 0.0330. The Labute approximate surface area is 198 Å². The molecule has 1 atom stereocenters. The molecule has 0 aliphatic rings. The average Bonchev–Trinajstić information content (AvgIpc) is 2.81. The smallest absolute Gasteiger partial charge is 0.376 e. The number of nitrogens with zero attached hydrogens (tertiary/aromatic N) is 1. The van der Waals surface area contributed by atoms with Crippen LogP contribution in [0.25, 0.3) is 0 Å². The fourth-order valence-electron chi connectivity index (χ4n) is 3.41. The zero-order valence-electron chi connectivity index (χ0n) is 18.4. The summed E-state index contributed by atoms with van der Waals surface area (Å²) in [6.07, 6.45) is -6.59. The number of aromatic nitrogens is 1. The number of alkyl halides is 6. The minimum Gasteiger partial charge on any atom is -0.376 e. The summed E-state index contributed by atoms with van der Waals surface area (Å²) in [7, 11) is 0. The Hall–Kier alpha value is -3.40. The van der Waals surface area contributed by atoms with Crippen LogP contribution in [0.5, 0.6) is 0 Å². The predicted octanol–water partition coefficient (Wildman–Crippen LogP) is 5.78. The third-order valence-electron chi connectivity index (χ3n) is 5.14. The maximum absolute atomic E-state index is 13.1. The molecule has 2 aromatic carbocycles. The second kappa shape index (κ2) is 11.4. The third-order valence-corrected chi connectivity index (χ3v) is 5.14. The van der Waals surface area contributed by atoms with Crippen molar-refractivity contribution >= 4 is 5.91 Å². The van der Waals surface area contributed by atoms with Crippen molar-refractivity contribution in [2.24, 2.45) is 0 Å². The van der Waals surface area contributed by atoms with Gasteiger partial charge in [-0.3, -0.25) is 9.78 Å². The van der Waals surface area contributed by atoms with Gasteiger partial charge in [-0.25, -0.2) is 0 Å². The number of hydrogen-bond donors (Lipinski definition) is 1. The van der Waals surface area contributed by atoms with Crippen LogP contribution in [0.3, 0.4) is 0 Å². The molecule has 0 saturated carbocycles. The van der Waals surface area contributed by atoms with E-state index in [0.29, 0.717) is 12.1 Å². The Bertz CT molecular complexity index is 1070. The van der Waals surface area contributed by atoms with E-state index in [1.54, 1.807) is 54.9 Å². The van der Waals surface area contributed by atoms with Crippen LogP contribution in [-0.2, 0) is 34.9 Å². The van der Waals surface area contributed by atoms with Gasteiger partial charge in [-0.2, -0.15) is 26.3 Å². The highest BCUT2D eigenvalue weighted by molar-refractivity contribution is 5.78. The van der Waals surface area contributed by atoms with Crippen molar-refractivity contribution in [3.63, 3.8) is 0 Å². The number of pyridine rings is 1. The lowest BCUT2D eigenvalue weighted by molar-refractivity contribution is -0.143. The molecule has 0 aliphatic carbocycles. The molecule has 10 heteroatoms. The van der Waals surface area contributed by atoms with E-state index in [9.17, 15) is 31.1 Å². The Morgan fingerprint density at radius 1 is 0.886 bits per heavy atom. The van der Waals surface area contributed by atoms with Crippen molar-refractivity contribution in [2.75, 3.05) is 13.2 Å². The second-order valence-corrected chi connectivity index (χ2v) is 7.88. The number of benzene rings is 2. The van der Waals surface area contributed by atoms with Gasteiger partial charge in [0.25, 0.3) is 0 Å². The van der Waals surface area contributed by atoms with Crippen molar-refractivity contribution in [3.8, 4) is 0 Å². The van der Waals surface area contributed by atoms with Gasteiger partial charge in [0, 0.05) is 24.9 Å². The van der Waals surface area contributed by atoms with Gasteiger partial charge in [0.05, 0.1) is 30.8 Å². The maximum Gasteiger partial charge on any atom is 0.416 e. The molecular formula is C25H22F6N2O2. The topological polar surface area (TPSA) is 51.2 Å². The Morgan fingerprint density at radius 3 is 2.11 bits per heavy atom. The van der Waals surface area contributed by atoms with Crippen molar-refractivity contribution in [1.82, 2.24) is 10.3 Å². The number of carbonyl (C=O) groups is 1. The van der Waals surface area contributed by atoms with Gasteiger partial charge in [-0.1, -0.05) is 36.4 Å². The summed E-state index contributed by atoms with van der Waals surface area (Å²) in [5.74, 6) is -0.631. The minimum atomic E-state index is -4.93. The molecule has 186 valence electrons. The van der Waals surface area contributed by atoms with E-state index in [4.69, 9.17) is 4.74 Å². The molecule has 1 heterocycles. The van der Waals surface area contributed by atoms with Gasteiger partial charge in [-0.15, -0.1) is 0 Å². The fraction of sp³-hybridized carbons (Fsp3) is 0.280. The predicted molar refractivity (Wildman–Crippen MR) is 116 cm³/mol. The Balaban J connectivity index is 1.67. The van der Waals surface area contributed by atoms with E-state index in [-0.39, 0.29) is 43.0 Å². The summed E-state index contributed by atoms with van der Waals surface area (Å²) in [6.45, 7) is -0.325. The maximum atomic E-state index is 13.1. The molecule has 0 radical (unpaired) electrons. The number of hydrogen-bond acceptors (Lipinski definition) is 3. The Morgan fingerprint density at radius 2 is 1.54 bits per heavy atom. The number of nitrogens with one attached hydrogen (secondary N) is 1. The lowest BCUT2D eigenvalue weighted by Crippen LogP contribution is -2.31. The first kappa shape index (κ1) is 26.2. The molecule has 0 aliphatic heterocycles. The zero-order chi connectivity index (χ0) is 25.5. The molecule has 0 bridgehead atoms. The van der Waals surface area contributed by atoms with Crippen LogP contribution in [0.2, 0.25) is 0 Å². The van der Waals surface area contributed by atoms with E-state index < -0.39 is 30.1 Å². The molecule has 1 amide bonds. The molecule has 1 aromatic heterocycles. The van der Waals surface area contributed by atoms with Gasteiger partial charge in [0.1, 0.15) is 0 Å². The number of halogens is 6. The number of amides is 1. The molecule has 4 nitrogen and oxygen atoms in total. The SMILES string of the molecule is O=C(Cc1cccnc1)NCC(COCc1cc(C(F)(F)F)cc(C(F)(F)F)c1)c1ccccc1. The van der Waals surface area contributed by atoms with Gasteiger partial charge >= 0.3 is 12.4 Å². The van der Waals surface area contributed by atoms with E-state index in [0.717, 1.165) is 11.1 Å². The van der Waals surface area contributed by atoms with Gasteiger partial charge in [0.2, 0.25) is 5.91 Å². The summed E-state index contributed by atoms with van der Waals surface area (Å²) in [6, 6.07) is 13.8. The van der Waals surface area contributed by atoms with Gasteiger partial charge in [-0.05, 0) is 41.0 Å². The first-order valence-electron chi connectivity index (χ1n) is 10.6. The van der Waals surface area contributed by atoms with Gasteiger partial charge in [0.15, 0.2) is 0 Å². The molecule has 35 heavy (non-hydrogen) atoms. The van der Waals surface area contributed by atoms with Crippen LogP contribution in [0, 0.1) is 0 Å². The molecule has 1 N–H and O–H groups in total. The quantitative estimate of drug-likeness (QED) is 0.382. The van der Waals surface area contributed by atoms with Crippen LogP contribution in [0.1, 0.15) is 33.7 Å². The highest BCUT2D eigenvalue weighted by atomic mass is 19.4. The normalized spacial score (nSPS) is 12.9. The number of carbonyl (C=O) groups excluding carboxylic acids is 1. The van der Waals surface area contributed by atoms with Crippen LogP contribution >= 0.6 is 0 Å². The summed E-state index contributed by atoms with van der Waals surface area (Å²) in [5.41, 5.74) is -1.52. The molecule has 0 saturated heterocycles. The lowest BCUT2D eigenvalue weighted by Gasteiger charge is -2.19. The molecular weight excluding hydrogens is 474 g/mol. The third kappa shape index (κ3) is 8.10. The monoisotopic (exact) mass is 496 g/mol. The number of ether oxygens (including phenoxy) is 1. The second-order valence-electron chi connectivity index (χ2n) is 7.88. The van der Waals surface area contributed by atoms with Crippen LogP contribution in [0.15, 0.2) is 73.1 Å². The van der Waals surface area contributed by atoms with Crippen LogP contribution < -0.4 is 5.32 Å². The summed E-state index contributed by atoms with van der Waals surface area (Å²) in [5, 5.41) is 2.79. The molecule has 1 unspecified atom stereocenters. The van der Waals surface area contributed by atoms with E-state index in [2.05, 4.69) is 10.3 Å². The molecule has 3 rings (SSSR count). The highest BCUT2D eigenvalue weighted by Gasteiger charge is 2.36.